The number of esters is 2. The lowest BCUT2D eigenvalue weighted by Gasteiger charge is -2.35. The third-order valence-corrected chi connectivity index (χ3v) is 7.27. The molecule has 0 saturated heterocycles. The lowest BCUT2D eigenvalue weighted by molar-refractivity contribution is -0.170. The van der Waals surface area contributed by atoms with Gasteiger partial charge in [0, 0.05) is 12.8 Å². The fourth-order valence-corrected chi connectivity index (χ4v) is 6.22. The molecule has 7 atom stereocenters. The van der Waals surface area contributed by atoms with Gasteiger partial charge >= 0.3 is 11.9 Å². The van der Waals surface area contributed by atoms with E-state index in [0.29, 0.717) is 17.8 Å². The molecule has 0 N–H and O–H groups in total. The molecule has 0 spiro atoms. The van der Waals surface area contributed by atoms with Gasteiger partial charge in [-0.05, 0) is 68.6 Å². The maximum atomic E-state index is 12.8. The van der Waals surface area contributed by atoms with Crippen LogP contribution in [-0.4, -0.2) is 23.6 Å². The summed E-state index contributed by atoms with van der Waals surface area (Å²) in [5.41, 5.74) is -0.230. The van der Waals surface area contributed by atoms with Gasteiger partial charge in [0.2, 0.25) is 0 Å². The van der Waals surface area contributed by atoms with Gasteiger partial charge in [-0.2, -0.15) is 0 Å². The maximum Gasteiger partial charge on any atom is 0.310 e. The molecule has 4 heteroatoms. The molecule has 0 amide bonds. The second-order valence-electron chi connectivity index (χ2n) is 8.78. The molecule has 0 heterocycles. The Labute approximate surface area is 150 Å². The number of carbonyl (C=O) groups excluding carboxylic acids is 2. The Hall–Kier alpha value is -1.32. The molecule has 0 aromatic rings. The molecule has 4 nitrogen and oxygen atoms in total. The lowest BCUT2D eigenvalue weighted by atomic mass is 9.83. The van der Waals surface area contributed by atoms with E-state index in [0.717, 1.165) is 38.0 Å². The van der Waals surface area contributed by atoms with Crippen LogP contribution in [0.15, 0.2) is 12.2 Å². The topological polar surface area (TPSA) is 52.6 Å². The molecule has 25 heavy (non-hydrogen) atoms. The summed E-state index contributed by atoms with van der Waals surface area (Å²) in [7, 11) is 0. The fraction of sp³-hybridized carbons (Fsp3) is 0.810. The number of hydrogen-bond acceptors (Lipinski definition) is 4. The van der Waals surface area contributed by atoms with Crippen LogP contribution in [0.1, 0.15) is 65.2 Å². The monoisotopic (exact) mass is 346 g/mol. The Morgan fingerprint density at radius 2 is 2.08 bits per heavy atom. The quantitative estimate of drug-likeness (QED) is 0.538. The summed E-state index contributed by atoms with van der Waals surface area (Å²) < 4.78 is 11.7. The molecule has 0 aromatic carbocycles. The van der Waals surface area contributed by atoms with Gasteiger partial charge in [0.1, 0.15) is 11.7 Å². The highest BCUT2D eigenvalue weighted by Gasteiger charge is 2.54. The highest BCUT2D eigenvalue weighted by molar-refractivity contribution is 5.72. The summed E-state index contributed by atoms with van der Waals surface area (Å²) in [6.45, 7) is 3.63. The fourth-order valence-electron chi connectivity index (χ4n) is 6.22. The zero-order valence-electron chi connectivity index (χ0n) is 15.4. The van der Waals surface area contributed by atoms with Crippen LogP contribution >= 0.6 is 0 Å². The first-order valence-corrected chi connectivity index (χ1v) is 10.1. The van der Waals surface area contributed by atoms with Crippen molar-refractivity contribution >= 4 is 11.9 Å². The van der Waals surface area contributed by atoms with E-state index < -0.39 is 0 Å². The van der Waals surface area contributed by atoms with Crippen molar-refractivity contribution in [3.8, 4) is 0 Å². The minimum Gasteiger partial charge on any atom is -0.462 e. The third-order valence-electron chi connectivity index (χ3n) is 7.27. The third kappa shape index (κ3) is 3.13. The Kier molecular flexibility index (Phi) is 4.41. The zero-order valence-corrected chi connectivity index (χ0v) is 15.4. The smallest absolute Gasteiger partial charge is 0.310 e. The number of rotatable bonds is 6. The number of ether oxygens (including phenoxy) is 2. The first-order valence-electron chi connectivity index (χ1n) is 10.1. The second kappa shape index (κ2) is 6.44. The Balaban J connectivity index is 1.42. The van der Waals surface area contributed by atoms with Gasteiger partial charge in [-0.25, -0.2) is 0 Å². The minimum atomic E-state index is -0.333. The van der Waals surface area contributed by atoms with Gasteiger partial charge in [-0.15, -0.1) is 0 Å². The molecule has 0 aliphatic heterocycles. The average molecular weight is 346 g/mol. The van der Waals surface area contributed by atoms with Crippen LogP contribution in [-0.2, 0) is 19.1 Å². The van der Waals surface area contributed by atoms with Crippen LogP contribution in [0.25, 0.3) is 0 Å². The van der Waals surface area contributed by atoms with Gasteiger partial charge in [-0.1, -0.05) is 19.1 Å². The summed E-state index contributed by atoms with van der Waals surface area (Å²) in [6, 6.07) is 0. The van der Waals surface area contributed by atoms with Crippen LogP contribution < -0.4 is 0 Å². The Bertz CT molecular complexity index is 582. The van der Waals surface area contributed by atoms with E-state index in [-0.39, 0.29) is 36.0 Å². The summed E-state index contributed by atoms with van der Waals surface area (Å²) in [4.78, 5) is 24.3. The molecule has 4 rings (SSSR count). The average Bonchev–Trinajstić information content (AvgIpc) is 3.32. The molecule has 0 aromatic heterocycles. The lowest BCUT2D eigenvalue weighted by Crippen LogP contribution is -2.40. The SMILES string of the molecule is CCC1CC2CCC1(OC(=O)CC(OC(C)=O)C1CC3C=CC1C3)C2. The van der Waals surface area contributed by atoms with Crippen molar-refractivity contribution < 1.29 is 19.1 Å². The standard InChI is InChI=1S/C21H30O4/c1-3-17-9-15-6-7-21(17,12-15)25-20(23)11-19(24-13(2)22)18-10-14-4-5-16(18)8-14/h4-5,14-19H,3,6-12H2,1-2H3. The minimum absolute atomic E-state index is 0.168. The van der Waals surface area contributed by atoms with Crippen LogP contribution in [0.4, 0.5) is 0 Å². The van der Waals surface area contributed by atoms with E-state index in [9.17, 15) is 9.59 Å². The van der Waals surface area contributed by atoms with E-state index in [4.69, 9.17) is 9.47 Å². The predicted molar refractivity (Wildman–Crippen MR) is 93.6 cm³/mol. The molecule has 138 valence electrons. The molecular weight excluding hydrogens is 316 g/mol. The number of allylic oxidation sites excluding steroid dienone is 2. The number of carbonyl (C=O) groups is 2. The molecule has 4 aliphatic carbocycles. The van der Waals surface area contributed by atoms with Crippen LogP contribution in [0.2, 0.25) is 0 Å². The summed E-state index contributed by atoms with van der Waals surface area (Å²) in [5, 5.41) is 0. The molecule has 7 unspecified atom stereocenters. The highest BCUT2D eigenvalue weighted by atomic mass is 16.6. The Morgan fingerprint density at radius 1 is 1.24 bits per heavy atom. The molecular formula is C21H30O4. The highest BCUT2D eigenvalue weighted by Crippen LogP contribution is 2.55. The van der Waals surface area contributed by atoms with Crippen LogP contribution in [0, 0.1) is 29.6 Å². The van der Waals surface area contributed by atoms with E-state index in [1.807, 2.05) is 0 Å². The maximum absolute atomic E-state index is 12.8. The first kappa shape index (κ1) is 17.1. The summed E-state index contributed by atoms with van der Waals surface area (Å²) >= 11 is 0. The first-order chi connectivity index (χ1) is 12.0. The second-order valence-corrected chi connectivity index (χ2v) is 8.78. The number of fused-ring (bicyclic) bond motifs is 4. The molecule has 3 fully saturated rings. The van der Waals surface area contributed by atoms with Crippen molar-refractivity contribution in [2.24, 2.45) is 29.6 Å². The van der Waals surface area contributed by atoms with Crippen molar-refractivity contribution in [2.45, 2.75) is 76.9 Å². The van der Waals surface area contributed by atoms with Gasteiger partial charge in [-0.3, -0.25) is 9.59 Å². The summed E-state index contributed by atoms with van der Waals surface area (Å²) in [6.07, 6.45) is 12.1. The van der Waals surface area contributed by atoms with E-state index >= 15 is 0 Å². The van der Waals surface area contributed by atoms with E-state index in [1.54, 1.807) is 0 Å². The predicted octanol–water partition coefficient (Wildman–Crippen LogP) is 4.03. The van der Waals surface area contributed by atoms with Gasteiger partial charge in [0.05, 0.1) is 6.42 Å². The van der Waals surface area contributed by atoms with Crippen molar-refractivity contribution in [2.75, 3.05) is 0 Å². The van der Waals surface area contributed by atoms with E-state index in [2.05, 4.69) is 19.1 Å². The van der Waals surface area contributed by atoms with Crippen LogP contribution in [0.3, 0.4) is 0 Å². The van der Waals surface area contributed by atoms with Gasteiger partial charge < -0.3 is 9.47 Å². The van der Waals surface area contributed by atoms with Crippen LogP contribution in [0.5, 0.6) is 0 Å². The molecule has 3 saturated carbocycles. The number of hydrogen-bond donors (Lipinski definition) is 0. The Morgan fingerprint density at radius 3 is 2.68 bits per heavy atom. The van der Waals surface area contributed by atoms with Gasteiger partial charge in [0.15, 0.2) is 0 Å². The van der Waals surface area contributed by atoms with Gasteiger partial charge in [0.25, 0.3) is 0 Å². The summed E-state index contributed by atoms with van der Waals surface area (Å²) in [5.74, 6) is 2.09. The van der Waals surface area contributed by atoms with E-state index in [1.165, 1.54) is 19.8 Å². The van der Waals surface area contributed by atoms with Crippen molar-refractivity contribution in [1.29, 1.82) is 0 Å². The van der Waals surface area contributed by atoms with Crippen molar-refractivity contribution in [1.82, 2.24) is 0 Å². The van der Waals surface area contributed by atoms with Crippen molar-refractivity contribution in [3.05, 3.63) is 12.2 Å². The van der Waals surface area contributed by atoms with Crippen molar-refractivity contribution in [3.63, 3.8) is 0 Å². The molecule has 0 radical (unpaired) electrons. The normalized spacial score (nSPS) is 41.9. The largest absolute Gasteiger partial charge is 0.462 e. The zero-order chi connectivity index (χ0) is 17.6. The molecule has 4 aliphatic rings. The molecule has 4 bridgehead atoms.